The van der Waals surface area contributed by atoms with Gasteiger partial charge in [0, 0.05) is 12.1 Å². The topological polar surface area (TPSA) is 47.3 Å². The van der Waals surface area contributed by atoms with Crippen LogP contribution in [-0.2, 0) is 20.9 Å². The van der Waals surface area contributed by atoms with Gasteiger partial charge in [-0.05, 0) is 12.8 Å². The molecule has 0 N–H and O–H groups in total. The zero-order valence-corrected chi connectivity index (χ0v) is 10.9. The lowest BCUT2D eigenvalue weighted by Gasteiger charge is -1.97. The first kappa shape index (κ1) is 14.8. The quantitative estimate of drug-likeness (QED) is 0.361. The summed E-state index contributed by atoms with van der Waals surface area (Å²) in [6, 6.07) is 5.42. The highest BCUT2D eigenvalue weighted by Gasteiger charge is 2.19. The molecule has 0 fully saturated rings. The van der Waals surface area contributed by atoms with Crippen LogP contribution < -0.4 is 4.57 Å². The third-order valence-electron chi connectivity index (χ3n) is 1.61. The second kappa shape index (κ2) is 9.03. The van der Waals surface area contributed by atoms with Gasteiger partial charge in [0.2, 0.25) is 6.54 Å². The van der Waals surface area contributed by atoms with E-state index in [4.69, 9.17) is 0 Å². The minimum absolute atomic E-state index is 0.0275. The maximum atomic E-state index is 11.2. The summed E-state index contributed by atoms with van der Waals surface area (Å²) in [5.41, 5.74) is 0. The zero-order valence-electron chi connectivity index (χ0n) is 9.35. The van der Waals surface area contributed by atoms with Gasteiger partial charge in [-0.1, -0.05) is 22.0 Å². The maximum absolute atomic E-state index is 11.2. The van der Waals surface area contributed by atoms with E-state index in [1.165, 1.54) is 0 Å². The van der Waals surface area contributed by atoms with Crippen molar-refractivity contribution in [3.8, 4) is 0 Å². The normalized spacial score (nSPS) is 8.69. The van der Waals surface area contributed by atoms with Crippen LogP contribution in [0.3, 0.4) is 0 Å². The van der Waals surface area contributed by atoms with Crippen molar-refractivity contribution in [3.63, 3.8) is 0 Å². The molecule has 0 radical (unpaired) electrons. The SMILES string of the molecule is CBr.CCOC(=O)C(=O)C[n+]1ccccc1. The number of pyridine rings is 1. The Morgan fingerprint density at radius 1 is 1.19 bits per heavy atom. The van der Waals surface area contributed by atoms with Gasteiger partial charge in [0.15, 0.2) is 12.4 Å². The van der Waals surface area contributed by atoms with E-state index < -0.39 is 11.8 Å². The van der Waals surface area contributed by atoms with E-state index in [1.54, 1.807) is 36.0 Å². The molecule has 0 aliphatic rings. The van der Waals surface area contributed by atoms with Crippen molar-refractivity contribution in [2.24, 2.45) is 0 Å². The first-order valence-corrected chi connectivity index (χ1v) is 6.34. The van der Waals surface area contributed by atoms with Crippen LogP contribution in [0.15, 0.2) is 30.6 Å². The standard InChI is InChI=1S/C10H12NO3.CH3Br/c1-2-14-10(13)9(12)8-11-6-4-3-5-7-11;1-2/h3-7H,2,8H2,1H3;1H3/q+1;. The van der Waals surface area contributed by atoms with Gasteiger partial charge in [0.25, 0.3) is 0 Å². The molecule has 16 heavy (non-hydrogen) atoms. The largest absolute Gasteiger partial charge is 0.460 e. The Balaban J connectivity index is 0.00000106. The molecule has 88 valence electrons. The summed E-state index contributed by atoms with van der Waals surface area (Å²) < 4.78 is 6.20. The van der Waals surface area contributed by atoms with Crippen molar-refractivity contribution in [1.29, 1.82) is 0 Å². The van der Waals surface area contributed by atoms with Crippen LogP contribution in [0.2, 0.25) is 0 Å². The van der Waals surface area contributed by atoms with Gasteiger partial charge >= 0.3 is 11.8 Å². The van der Waals surface area contributed by atoms with Crippen LogP contribution in [0.25, 0.3) is 0 Å². The van der Waals surface area contributed by atoms with Crippen LogP contribution in [0.5, 0.6) is 0 Å². The Bertz CT molecular complexity index is 327. The van der Waals surface area contributed by atoms with Gasteiger partial charge in [-0.2, -0.15) is 4.57 Å². The number of hydrogen-bond acceptors (Lipinski definition) is 3. The minimum Gasteiger partial charge on any atom is -0.460 e. The molecule has 0 amide bonds. The third-order valence-corrected chi connectivity index (χ3v) is 1.61. The average Bonchev–Trinajstić information content (AvgIpc) is 2.33. The van der Waals surface area contributed by atoms with Crippen molar-refractivity contribution >= 4 is 27.7 Å². The minimum atomic E-state index is -0.774. The second-order valence-electron chi connectivity index (χ2n) is 2.69. The van der Waals surface area contributed by atoms with Crippen LogP contribution in [0, 0.1) is 0 Å². The first-order chi connectivity index (χ1) is 7.74. The molecule has 0 atom stereocenters. The monoisotopic (exact) mass is 288 g/mol. The summed E-state index contributed by atoms with van der Waals surface area (Å²) >= 11 is 2.94. The Labute approximate surface area is 103 Å². The van der Waals surface area contributed by atoms with Crippen LogP contribution in [0.4, 0.5) is 0 Å². The molecule has 1 aromatic rings. The molecule has 1 heterocycles. The molecule has 0 aromatic carbocycles. The number of esters is 1. The van der Waals surface area contributed by atoms with E-state index in [1.807, 2.05) is 11.9 Å². The van der Waals surface area contributed by atoms with Crippen molar-refractivity contribution in [3.05, 3.63) is 30.6 Å². The molecule has 0 bridgehead atoms. The number of halogens is 1. The fourth-order valence-electron chi connectivity index (χ4n) is 0.982. The van der Waals surface area contributed by atoms with Gasteiger partial charge in [0.05, 0.1) is 6.61 Å². The smallest absolute Gasteiger partial charge is 0.381 e. The number of rotatable bonds is 4. The number of alkyl halides is 1. The maximum Gasteiger partial charge on any atom is 0.381 e. The van der Waals surface area contributed by atoms with E-state index in [2.05, 4.69) is 20.7 Å². The van der Waals surface area contributed by atoms with E-state index in [9.17, 15) is 9.59 Å². The van der Waals surface area contributed by atoms with Gasteiger partial charge in [-0.25, -0.2) is 4.79 Å². The number of carbonyl (C=O) groups is 2. The molecule has 0 aliphatic carbocycles. The van der Waals surface area contributed by atoms with Gasteiger partial charge in [0.1, 0.15) is 0 Å². The molecule has 0 spiro atoms. The second-order valence-corrected chi connectivity index (χ2v) is 2.69. The van der Waals surface area contributed by atoms with Crippen molar-refractivity contribution in [2.45, 2.75) is 13.5 Å². The molecular formula is C11H15BrNO3+. The molecule has 0 saturated heterocycles. The number of ether oxygens (including phenoxy) is 1. The van der Waals surface area contributed by atoms with Gasteiger partial charge in [-0.3, -0.25) is 4.79 Å². The van der Waals surface area contributed by atoms with Crippen LogP contribution >= 0.6 is 15.9 Å². The van der Waals surface area contributed by atoms with Crippen molar-refractivity contribution < 1.29 is 18.9 Å². The molecule has 0 saturated carbocycles. The highest BCUT2D eigenvalue weighted by Crippen LogP contribution is 1.83. The fraction of sp³-hybridized carbons (Fsp3) is 0.364. The average molecular weight is 289 g/mol. The predicted molar refractivity (Wildman–Crippen MR) is 63.1 cm³/mol. The summed E-state index contributed by atoms with van der Waals surface area (Å²) in [7, 11) is 0. The highest BCUT2D eigenvalue weighted by molar-refractivity contribution is 9.08. The Morgan fingerprint density at radius 2 is 1.75 bits per heavy atom. The highest BCUT2D eigenvalue weighted by atomic mass is 79.9. The number of carbonyl (C=O) groups excluding carboxylic acids is 2. The van der Waals surface area contributed by atoms with E-state index >= 15 is 0 Å². The van der Waals surface area contributed by atoms with Crippen molar-refractivity contribution in [1.82, 2.24) is 0 Å². The summed E-state index contributed by atoms with van der Waals surface area (Å²) in [6.45, 7) is 1.92. The van der Waals surface area contributed by atoms with Crippen LogP contribution in [-0.4, -0.2) is 24.2 Å². The Morgan fingerprint density at radius 3 is 2.25 bits per heavy atom. The molecule has 5 heteroatoms. The van der Waals surface area contributed by atoms with E-state index in [0.29, 0.717) is 0 Å². The summed E-state index contributed by atoms with van der Waals surface area (Å²) in [5, 5.41) is 0. The molecule has 0 aliphatic heterocycles. The van der Waals surface area contributed by atoms with E-state index in [-0.39, 0.29) is 13.2 Å². The van der Waals surface area contributed by atoms with Gasteiger partial charge in [-0.15, -0.1) is 0 Å². The number of aromatic nitrogens is 1. The molecule has 1 rings (SSSR count). The lowest BCUT2D eigenvalue weighted by Crippen LogP contribution is -2.40. The summed E-state index contributed by atoms with van der Waals surface area (Å²) in [5.74, 6) is 0.499. The Hall–Kier alpha value is -1.23. The fourth-order valence-corrected chi connectivity index (χ4v) is 0.982. The number of Topliss-reactive ketones (excluding diaryl/α,β-unsaturated/α-hetero) is 1. The Kier molecular flexibility index (Phi) is 8.34. The van der Waals surface area contributed by atoms with Gasteiger partial charge < -0.3 is 4.74 Å². The van der Waals surface area contributed by atoms with E-state index in [0.717, 1.165) is 0 Å². The van der Waals surface area contributed by atoms with Crippen LogP contribution in [0.1, 0.15) is 6.92 Å². The van der Waals surface area contributed by atoms with Crippen molar-refractivity contribution in [2.75, 3.05) is 12.4 Å². The first-order valence-electron chi connectivity index (χ1n) is 4.76. The lowest BCUT2D eigenvalue weighted by molar-refractivity contribution is -0.683. The molecule has 0 unspecified atom stereocenters. The third kappa shape index (κ3) is 5.60. The number of ketones is 1. The molecular weight excluding hydrogens is 274 g/mol. The summed E-state index contributed by atoms with van der Waals surface area (Å²) in [6.07, 6.45) is 3.44. The zero-order chi connectivity index (χ0) is 12.4. The predicted octanol–water partition coefficient (Wildman–Crippen LogP) is 1.12. The summed E-state index contributed by atoms with van der Waals surface area (Å²) in [4.78, 5) is 22.2. The number of nitrogens with zero attached hydrogens (tertiary/aromatic N) is 1. The molecule has 1 aromatic heterocycles. The molecule has 4 nitrogen and oxygen atoms in total. The number of hydrogen-bond donors (Lipinski definition) is 0. The lowest BCUT2D eigenvalue weighted by atomic mass is 10.4.